The van der Waals surface area contributed by atoms with Crippen LogP contribution in [0.15, 0.2) is 30.3 Å². The predicted molar refractivity (Wildman–Crippen MR) is 95.7 cm³/mol. The summed E-state index contributed by atoms with van der Waals surface area (Å²) in [6.45, 7) is 14.6. The highest BCUT2D eigenvalue weighted by atomic mass is 31.2. The second-order valence-electron chi connectivity index (χ2n) is 6.37. The molecule has 22 heavy (non-hydrogen) atoms. The van der Waals surface area contributed by atoms with Crippen LogP contribution >= 0.6 is 8.53 Å². The molecule has 0 bridgehead atoms. The van der Waals surface area contributed by atoms with Crippen LogP contribution in [-0.4, -0.2) is 23.4 Å². The summed E-state index contributed by atoms with van der Waals surface area (Å²) >= 11 is 0. The van der Waals surface area contributed by atoms with Crippen molar-refractivity contribution in [2.45, 2.75) is 66.7 Å². The van der Waals surface area contributed by atoms with Crippen molar-refractivity contribution in [1.82, 2.24) is 4.67 Å². The van der Waals surface area contributed by atoms with E-state index in [1.807, 2.05) is 18.2 Å². The number of benzene rings is 1. The Morgan fingerprint density at radius 1 is 0.955 bits per heavy atom. The van der Waals surface area contributed by atoms with Gasteiger partial charge in [-0.25, -0.2) is 4.67 Å². The van der Waals surface area contributed by atoms with Gasteiger partial charge in [-0.15, -0.1) is 0 Å². The Bertz CT molecular complexity index is 389. The highest BCUT2D eigenvalue weighted by molar-refractivity contribution is 7.44. The fourth-order valence-corrected chi connectivity index (χ4v) is 3.89. The fourth-order valence-electron chi connectivity index (χ4n) is 2.16. The molecular formula is C18H32NO2P. The fraction of sp³-hybridized carbons (Fsp3) is 0.667. The summed E-state index contributed by atoms with van der Waals surface area (Å²) < 4.78 is 14.7. The summed E-state index contributed by atoms with van der Waals surface area (Å²) in [4.78, 5) is 0. The van der Waals surface area contributed by atoms with E-state index in [-0.39, 0.29) is 0 Å². The van der Waals surface area contributed by atoms with Crippen molar-refractivity contribution >= 4 is 8.53 Å². The summed E-state index contributed by atoms with van der Waals surface area (Å²) in [7, 11) is -1.03. The largest absolute Gasteiger partial charge is 0.322 e. The number of hydrogen-bond acceptors (Lipinski definition) is 3. The molecule has 0 N–H and O–H groups in total. The number of hydrogen-bond donors (Lipinski definition) is 0. The molecule has 0 aliphatic carbocycles. The molecule has 0 amide bonds. The molecule has 126 valence electrons. The highest BCUT2D eigenvalue weighted by Crippen LogP contribution is 2.47. The monoisotopic (exact) mass is 325 g/mol. The lowest BCUT2D eigenvalue weighted by molar-refractivity contribution is 0.154. The van der Waals surface area contributed by atoms with Gasteiger partial charge in [0.15, 0.2) is 0 Å². The van der Waals surface area contributed by atoms with Crippen molar-refractivity contribution < 1.29 is 9.05 Å². The van der Waals surface area contributed by atoms with Gasteiger partial charge in [-0.2, -0.15) is 0 Å². The van der Waals surface area contributed by atoms with E-state index in [0.29, 0.717) is 24.6 Å². The normalized spacial score (nSPS) is 14.8. The van der Waals surface area contributed by atoms with Crippen molar-refractivity contribution in [2.75, 3.05) is 6.61 Å². The third-order valence-corrected chi connectivity index (χ3v) is 5.62. The Kier molecular flexibility index (Phi) is 9.19. The molecule has 1 aromatic carbocycles. The zero-order chi connectivity index (χ0) is 16.5. The quantitative estimate of drug-likeness (QED) is 0.522. The third-order valence-electron chi connectivity index (χ3n) is 3.60. The minimum absolute atomic E-state index is 0.402. The lowest BCUT2D eigenvalue weighted by atomic mass is 10.1. The first kappa shape index (κ1) is 19.6. The molecular weight excluding hydrogens is 293 g/mol. The average Bonchev–Trinajstić information content (AvgIpc) is 2.49. The number of nitrogens with zero attached hydrogens (tertiary/aromatic N) is 1. The van der Waals surface area contributed by atoms with Crippen molar-refractivity contribution in [3.8, 4) is 0 Å². The minimum Gasteiger partial charge on any atom is -0.322 e. The van der Waals surface area contributed by atoms with Crippen molar-refractivity contribution in [1.29, 1.82) is 0 Å². The lowest BCUT2D eigenvalue weighted by Crippen LogP contribution is -2.33. The van der Waals surface area contributed by atoms with Crippen LogP contribution in [0.5, 0.6) is 0 Å². The van der Waals surface area contributed by atoms with Crippen LogP contribution in [-0.2, 0) is 15.7 Å². The first-order valence-corrected chi connectivity index (χ1v) is 9.46. The van der Waals surface area contributed by atoms with E-state index < -0.39 is 8.53 Å². The SMILES string of the molecule is CC[C@@H](C)COP(OCc1ccccc1)N(C(C)C)C(C)C. The van der Waals surface area contributed by atoms with Gasteiger partial charge < -0.3 is 9.05 Å². The highest BCUT2D eigenvalue weighted by Gasteiger charge is 2.27. The molecule has 2 atom stereocenters. The zero-order valence-corrected chi connectivity index (χ0v) is 15.8. The van der Waals surface area contributed by atoms with Crippen LogP contribution in [0.2, 0.25) is 0 Å². The predicted octanol–water partition coefficient (Wildman–Crippen LogP) is 5.61. The molecule has 1 aromatic rings. The van der Waals surface area contributed by atoms with Gasteiger partial charge in [-0.3, -0.25) is 0 Å². The van der Waals surface area contributed by atoms with Gasteiger partial charge >= 0.3 is 0 Å². The summed E-state index contributed by atoms with van der Waals surface area (Å²) in [5.74, 6) is 0.562. The Morgan fingerprint density at radius 2 is 1.55 bits per heavy atom. The van der Waals surface area contributed by atoms with Gasteiger partial charge in [0, 0.05) is 12.1 Å². The maximum Gasteiger partial charge on any atom is 0.259 e. The van der Waals surface area contributed by atoms with Crippen LogP contribution in [0.25, 0.3) is 0 Å². The van der Waals surface area contributed by atoms with Gasteiger partial charge in [0.1, 0.15) is 0 Å². The van der Waals surface area contributed by atoms with E-state index in [4.69, 9.17) is 9.05 Å². The number of rotatable bonds is 10. The molecule has 1 unspecified atom stereocenters. The summed E-state index contributed by atoms with van der Waals surface area (Å²) in [5.41, 5.74) is 1.19. The summed E-state index contributed by atoms with van der Waals surface area (Å²) in [6, 6.07) is 11.1. The molecule has 0 spiro atoms. The van der Waals surface area contributed by atoms with Crippen molar-refractivity contribution in [3.05, 3.63) is 35.9 Å². The summed E-state index contributed by atoms with van der Waals surface area (Å²) in [5, 5.41) is 0. The summed E-state index contributed by atoms with van der Waals surface area (Å²) in [6.07, 6.45) is 1.13. The minimum atomic E-state index is -1.03. The van der Waals surface area contributed by atoms with E-state index in [1.165, 1.54) is 5.56 Å². The maximum absolute atomic E-state index is 6.18. The molecule has 0 heterocycles. The van der Waals surface area contributed by atoms with E-state index in [2.05, 4.69) is 58.3 Å². The topological polar surface area (TPSA) is 21.7 Å². The molecule has 0 radical (unpaired) electrons. The molecule has 0 saturated heterocycles. The molecule has 4 heteroatoms. The van der Waals surface area contributed by atoms with Gasteiger partial charge in [-0.05, 0) is 39.2 Å². The zero-order valence-electron chi connectivity index (χ0n) is 15.0. The van der Waals surface area contributed by atoms with E-state index in [9.17, 15) is 0 Å². The van der Waals surface area contributed by atoms with Crippen LogP contribution in [0.3, 0.4) is 0 Å². The van der Waals surface area contributed by atoms with E-state index >= 15 is 0 Å². The van der Waals surface area contributed by atoms with E-state index in [0.717, 1.165) is 13.0 Å². The van der Waals surface area contributed by atoms with Gasteiger partial charge in [0.05, 0.1) is 13.2 Å². The molecule has 0 aliphatic heterocycles. The van der Waals surface area contributed by atoms with Crippen LogP contribution in [0, 0.1) is 5.92 Å². The Labute approximate surface area is 138 Å². The second kappa shape index (κ2) is 10.3. The molecule has 1 rings (SSSR count). The molecule has 3 nitrogen and oxygen atoms in total. The van der Waals surface area contributed by atoms with Gasteiger partial charge in [0.25, 0.3) is 8.53 Å². The maximum atomic E-state index is 6.18. The molecule has 0 saturated carbocycles. The molecule has 0 aliphatic rings. The Balaban J connectivity index is 2.71. The smallest absolute Gasteiger partial charge is 0.259 e. The molecule has 0 aromatic heterocycles. The van der Waals surface area contributed by atoms with Crippen molar-refractivity contribution in [2.24, 2.45) is 5.92 Å². The van der Waals surface area contributed by atoms with Crippen molar-refractivity contribution in [3.63, 3.8) is 0 Å². The average molecular weight is 325 g/mol. The standard InChI is InChI=1S/C18H32NO2P/c1-7-17(6)13-20-22(19(15(2)3)16(4)5)21-14-18-11-9-8-10-12-18/h8-12,15-17H,7,13-14H2,1-6H3/t17-,22?/m1/s1. The lowest BCUT2D eigenvalue weighted by Gasteiger charge is -2.36. The van der Waals surface area contributed by atoms with E-state index in [1.54, 1.807) is 0 Å². The van der Waals surface area contributed by atoms with Gasteiger partial charge in [-0.1, -0.05) is 50.6 Å². The molecule has 0 fully saturated rings. The Morgan fingerprint density at radius 3 is 2.05 bits per heavy atom. The third kappa shape index (κ3) is 6.75. The first-order valence-electron chi connectivity index (χ1n) is 8.33. The van der Waals surface area contributed by atoms with Crippen LogP contribution in [0.1, 0.15) is 53.5 Å². The van der Waals surface area contributed by atoms with Gasteiger partial charge in [0.2, 0.25) is 0 Å². The van der Waals surface area contributed by atoms with Crippen LogP contribution < -0.4 is 0 Å². The Hall–Kier alpha value is -0.470. The second-order valence-corrected chi connectivity index (χ2v) is 7.83. The first-order chi connectivity index (χ1) is 10.5. The van der Waals surface area contributed by atoms with Crippen LogP contribution in [0.4, 0.5) is 0 Å².